The predicted molar refractivity (Wildman–Crippen MR) is 80.4 cm³/mol. The van der Waals surface area contributed by atoms with Gasteiger partial charge in [-0.2, -0.15) is 0 Å². The maximum absolute atomic E-state index is 11.8. The molecular formula is C16H21N3O2. The van der Waals surface area contributed by atoms with Crippen LogP contribution in [0, 0.1) is 0 Å². The molecule has 1 heterocycles. The summed E-state index contributed by atoms with van der Waals surface area (Å²) in [6.45, 7) is 3.85. The third kappa shape index (κ3) is 4.72. The number of ether oxygens (including phenoxy) is 1. The van der Waals surface area contributed by atoms with E-state index in [0.29, 0.717) is 19.7 Å². The van der Waals surface area contributed by atoms with Gasteiger partial charge in [0.25, 0.3) is 0 Å². The van der Waals surface area contributed by atoms with E-state index in [1.165, 1.54) is 5.56 Å². The number of aromatic nitrogens is 2. The van der Waals surface area contributed by atoms with Crippen molar-refractivity contribution in [2.75, 3.05) is 13.2 Å². The second-order valence-corrected chi connectivity index (χ2v) is 4.93. The fourth-order valence-corrected chi connectivity index (χ4v) is 2.16. The van der Waals surface area contributed by atoms with Gasteiger partial charge in [0, 0.05) is 26.3 Å². The van der Waals surface area contributed by atoms with Gasteiger partial charge in [-0.25, -0.2) is 4.98 Å². The fraction of sp³-hybridized carbons (Fsp3) is 0.375. The van der Waals surface area contributed by atoms with E-state index < -0.39 is 0 Å². The molecule has 112 valence electrons. The van der Waals surface area contributed by atoms with Crippen LogP contribution in [0.1, 0.15) is 18.2 Å². The Hall–Kier alpha value is -2.14. The first-order valence-corrected chi connectivity index (χ1v) is 7.06. The molecule has 5 nitrogen and oxygen atoms in total. The number of nitrogens with zero attached hydrogens (tertiary/aromatic N) is 3. The van der Waals surface area contributed by atoms with E-state index in [1.54, 1.807) is 6.33 Å². The van der Waals surface area contributed by atoms with Crippen molar-refractivity contribution in [1.29, 1.82) is 0 Å². The van der Waals surface area contributed by atoms with E-state index in [9.17, 15) is 4.79 Å². The highest BCUT2D eigenvalue weighted by Gasteiger charge is 2.14. The van der Waals surface area contributed by atoms with Crippen LogP contribution in [0.5, 0.6) is 0 Å². The first kappa shape index (κ1) is 15.3. The van der Waals surface area contributed by atoms with Crippen LogP contribution in [0.15, 0.2) is 42.9 Å². The van der Waals surface area contributed by atoms with Crippen LogP contribution >= 0.6 is 0 Å². The molecule has 21 heavy (non-hydrogen) atoms. The average molecular weight is 287 g/mol. The third-order valence-corrected chi connectivity index (χ3v) is 3.21. The lowest BCUT2D eigenvalue weighted by Crippen LogP contribution is -2.31. The maximum Gasteiger partial charge on any atom is 0.320 e. The second kappa shape index (κ2) is 7.59. The lowest BCUT2D eigenvalue weighted by molar-refractivity contribution is -0.144. The van der Waals surface area contributed by atoms with Gasteiger partial charge in [0.15, 0.2) is 0 Å². The van der Waals surface area contributed by atoms with Crippen molar-refractivity contribution >= 4 is 5.97 Å². The molecule has 0 saturated heterocycles. The minimum atomic E-state index is -0.199. The monoisotopic (exact) mass is 287 g/mol. The highest BCUT2D eigenvalue weighted by molar-refractivity contribution is 5.71. The fourth-order valence-electron chi connectivity index (χ4n) is 2.16. The molecule has 0 unspecified atom stereocenters. The van der Waals surface area contributed by atoms with Gasteiger partial charge in [-0.1, -0.05) is 30.3 Å². The number of carbonyl (C=O) groups excluding carboxylic acids is 1. The van der Waals surface area contributed by atoms with Crippen LogP contribution in [0.3, 0.4) is 0 Å². The number of imidazole rings is 1. The Balaban J connectivity index is 2.06. The zero-order valence-corrected chi connectivity index (χ0v) is 12.5. The van der Waals surface area contributed by atoms with Crippen molar-refractivity contribution in [3.63, 3.8) is 0 Å². The van der Waals surface area contributed by atoms with E-state index in [-0.39, 0.29) is 12.5 Å². The minimum Gasteiger partial charge on any atom is -0.465 e. The van der Waals surface area contributed by atoms with Crippen LogP contribution < -0.4 is 0 Å². The van der Waals surface area contributed by atoms with Crippen LogP contribution in [0.2, 0.25) is 0 Å². The summed E-state index contributed by atoms with van der Waals surface area (Å²) in [5.41, 5.74) is 2.24. The van der Waals surface area contributed by atoms with Crippen molar-refractivity contribution < 1.29 is 9.53 Å². The average Bonchev–Trinajstić information content (AvgIpc) is 2.85. The standard InChI is InChI=1S/C16H21N3O2/c1-3-21-16(20)12-19(10-14-7-5-4-6-8-14)11-15-9-17-13-18(15)2/h4-9,13H,3,10-12H2,1-2H3. The molecule has 1 aromatic carbocycles. The molecule has 0 spiro atoms. The summed E-state index contributed by atoms with van der Waals surface area (Å²) in [6, 6.07) is 10.1. The zero-order valence-electron chi connectivity index (χ0n) is 12.5. The number of hydrogen-bond acceptors (Lipinski definition) is 4. The Kier molecular flexibility index (Phi) is 5.51. The number of aryl methyl sites for hydroxylation is 1. The molecule has 0 atom stereocenters. The molecule has 0 saturated carbocycles. The molecule has 0 N–H and O–H groups in total. The molecule has 0 aliphatic rings. The third-order valence-electron chi connectivity index (χ3n) is 3.21. The maximum atomic E-state index is 11.8. The first-order chi connectivity index (χ1) is 10.2. The Morgan fingerprint density at radius 1 is 1.29 bits per heavy atom. The second-order valence-electron chi connectivity index (χ2n) is 4.93. The van der Waals surface area contributed by atoms with Crippen LogP contribution in [0.4, 0.5) is 0 Å². The van der Waals surface area contributed by atoms with Gasteiger partial charge in [0.1, 0.15) is 0 Å². The number of carbonyl (C=O) groups is 1. The van der Waals surface area contributed by atoms with Gasteiger partial charge in [-0.3, -0.25) is 9.69 Å². The van der Waals surface area contributed by atoms with E-state index in [1.807, 2.05) is 42.9 Å². The summed E-state index contributed by atoms with van der Waals surface area (Å²) in [5.74, 6) is -0.199. The van der Waals surface area contributed by atoms with Gasteiger partial charge in [0.05, 0.1) is 25.2 Å². The van der Waals surface area contributed by atoms with Crippen molar-refractivity contribution in [2.24, 2.45) is 7.05 Å². The molecular weight excluding hydrogens is 266 g/mol. The molecule has 0 bridgehead atoms. The largest absolute Gasteiger partial charge is 0.465 e. The molecule has 0 aliphatic heterocycles. The summed E-state index contributed by atoms with van der Waals surface area (Å²) in [6.07, 6.45) is 3.59. The predicted octanol–water partition coefficient (Wildman–Crippen LogP) is 1.99. The number of rotatable bonds is 7. The molecule has 0 radical (unpaired) electrons. The van der Waals surface area contributed by atoms with Crippen molar-refractivity contribution in [1.82, 2.24) is 14.5 Å². The minimum absolute atomic E-state index is 0.199. The van der Waals surface area contributed by atoms with Crippen LogP contribution in [-0.2, 0) is 29.7 Å². The molecule has 0 amide bonds. The Labute approximate surface area is 125 Å². The normalized spacial score (nSPS) is 10.8. The molecule has 2 aromatic rings. The molecule has 0 fully saturated rings. The number of benzene rings is 1. The van der Waals surface area contributed by atoms with E-state index in [0.717, 1.165) is 5.69 Å². The summed E-state index contributed by atoms with van der Waals surface area (Å²) in [4.78, 5) is 17.9. The van der Waals surface area contributed by atoms with E-state index >= 15 is 0 Å². The lowest BCUT2D eigenvalue weighted by atomic mass is 10.2. The number of hydrogen-bond donors (Lipinski definition) is 0. The zero-order chi connectivity index (χ0) is 15.1. The van der Waals surface area contributed by atoms with Gasteiger partial charge >= 0.3 is 5.97 Å². The van der Waals surface area contributed by atoms with E-state index in [4.69, 9.17) is 4.74 Å². The van der Waals surface area contributed by atoms with Crippen molar-refractivity contribution in [3.05, 3.63) is 54.1 Å². The van der Waals surface area contributed by atoms with Crippen LogP contribution in [-0.4, -0.2) is 33.6 Å². The number of esters is 1. The topological polar surface area (TPSA) is 47.4 Å². The molecule has 1 aromatic heterocycles. The van der Waals surface area contributed by atoms with Crippen molar-refractivity contribution in [2.45, 2.75) is 20.0 Å². The first-order valence-electron chi connectivity index (χ1n) is 7.06. The smallest absolute Gasteiger partial charge is 0.320 e. The van der Waals surface area contributed by atoms with Gasteiger partial charge in [-0.15, -0.1) is 0 Å². The summed E-state index contributed by atoms with van der Waals surface area (Å²) >= 11 is 0. The summed E-state index contributed by atoms with van der Waals surface area (Å²) < 4.78 is 7.02. The SMILES string of the molecule is CCOC(=O)CN(Cc1ccccc1)Cc1cncn1C. The lowest BCUT2D eigenvalue weighted by Gasteiger charge is -2.21. The van der Waals surface area contributed by atoms with E-state index in [2.05, 4.69) is 22.0 Å². The Bertz CT molecular complexity index is 566. The van der Waals surface area contributed by atoms with Gasteiger partial charge in [0.2, 0.25) is 0 Å². The molecule has 5 heteroatoms. The quantitative estimate of drug-likeness (QED) is 0.731. The summed E-state index contributed by atoms with van der Waals surface area (Å²) in [7, 11) is 1.95. The van der Waals surface area contributed by atoms with Crippen LogP contribution in [0.25, 0.3) is 0 Å². The van der Waals surface area contributed by atoms with Crippen molar-refractivity contribution in [3.8, 4) is 0 Å². The van der Waals surface area contributed by atoms with Gasteiger partial charge < -0.3 is 9.30 Å². The Morgan fingerprint density at radius 3 is 2.67 bits per heavy atom. The summed E-state index contributed by atoms with van der Waals surface area (Å²) in [5, 5.41) is 0. The highest BCUT2D eigenvalue weighted by atomic mass is 16.5. The Morgan fingerprint density at radius 2 is 2.05 bits per heavy atom. The highest BCUT2D eigenvalue weighted by Crippen LogP contribution is 2.09. The van der Waals surface area contributed by atoms with Gasteiger partial charge in [-0.05, 0) is 12.5 Å². The molecule has 2 rings (SSSR count). The molecule has 0 aliphatic carbocycles.